The Morgan fingerprint density at radius 2 is 1.79 bits per heavy atom. The summed E-state index contributed by atoms with van der Waals surface area (Å²) in [5.41, 5.74) is 3.81. The number of nitrogens with one attached hydrogen (secondary N) is 2. The zero-order chi connectivity index (χ0) is 20.5. The lowest BCUT2D eigenvalue weighted by atomic mass is 10.1. The average Bonchev–Trinajstić information content (AvgIpc) is 3.21. The SMILES string of the molecule is CCNC(=NCCc1ccc(OC)c(OC)c1)NCCc1ccc2c(c1)CCO2. The molecule has 156 valence electrons. The molecular weight excluding hydrogens is 366 g/mol. The summed E-state index contributed by atoms with van der Waals surface area (Å²) in [7, 11) is 3.30. The van der Waals surface area contributed by atoms with E-state index in [1.165, 1.54) is 16.7 Å². The van der Waals surface area contributed by atoms with E-state index >= 15 is 0 Å². The number of benzene rings is 2. The monoisotopic (exact) mass is 397 g/mol. The lowest BCUT2D eigenvalue weighted by Gasteiger charge is -2.12. The van der Waals surface area contributed by atoms with Crippen LogP contribution < -0.4 is 24.8 Å². The van der Waals surface area contributed by atoms with Crippen LogP contribution in [0.5, 0.6) is 17.2 Å². The highest BCUT2D eigenvalue weighted by molar-refractivity contribution is 5.79. The predicted molar refractivity (Wildman–Crippen MR) is 117 cm³/mol. The van der Waals surface area contributed by atoms with Crippen molar-refractivity contribution in [3.63, 3.8) is 0 Å². The molecule has 2 N–H and O–H groups in total. The maximum Gasteiger partial charge on any atom is 0.191 e. The van der Waals surface area contributed by atoms with Crippen LogP contribution in [0.25, 0.3) is 0 Å². The van der Waals surface area contributed by atoms with Crippen molar-refractivity contribution < 1.29 is 14.2 Å². The second-order valence-electron chi connectivity index (χ2n) is 6.92. The molecule has 2 aromatic rings. The summed E-state index contributed by atoms with van der Waals surface area (Å²) in [5, 5.41) is 6.74. The quantitative estimate of drug-likeness (QED) is 0.503. The van der Waals surface area contributed by atoms with E-state index in [4.69, 9.17) is 19.2 Å². The molecule has 0 fully saturated rings. The average molecular weight is 398 g/mol. The minimum absolute atomic E-state index is 0.695. The number of hydrogen-bond donors (Lipinski definition) is 2. The molecule has 29 heavy (non-hydrogen) atoms. The number of ether oxygens (including phenoxy) is 3. The van der Waals surface area contributed by atoms with Crippen molar-refractivity contribution in [1.82, 2.24) is 10.6 Å². The Bertz CT molecular complexity index is 836. The Balaban J connectivity index is 1.50. The number of rotatable bonds is 9. The Hall–Kier alpha value is -2.89. The van der Waals surface area contributed by atoms with Gasteiger partial charge in [0.15, 0.2) is 17.5 Å². The van der Waals surface area contributed by atoms with Crippen molar-refractivity contribution in [2.24, 2.45) is 4.99 Å². The molecular formula is C23H31N3O3. The van der Waals surface area contributed by atoms with Crippen LogP contribution in [0.3, 0.4) is 0 Å². The van der Waals surface area contributed by atoms with Crippen molar-refractivity contribution in [2.75, 3.05) is 40.5 Å². The molecule has 0 bridgehead atoms. The van der Waals surface area contributed by atoms with Gasteiger partial charge in [0, 0.05) is 26.1 Å². The summed E-state index contributed by atoms with van der Waals surface area (Å²) in [6, 6.07) is 12.5. The maximum absolute atomic E-state index is 5.58. The van der Waals surface area contributed by atoms with Crippen LogP contribution in [0, 0.1) is 0 Å². The molecule has 0 spiro atoms. The Morgan fingerprint density at radius 1 is 1.00 bits per heavy atom. The molecule has 1 aliphatic heterocycles. The van der Waals surface area contributed by atoms with Crippen LogP contribution in [0.15, 0.2) is 41.4 Å². The van der Waals surface area contributed by atoms with Gasteiger partial charge in [-0.3, -0.25) is 4.99 Å². The first-order chi connectivity index (χ1) is 14.2. The van der Waals surface area contributed by atoms with Crippen LogP contribution in [-0.4, -0.2) is 46.4 Å². The van der Waals surface area contributed by atoms with Gasteiger partial charge in [0.25, 0.3) is 0 Å². The van der Waals surface area contributed by atoms with Gasteiger partial charge >= 0.3 is 0 Å². The third kappa shape index (κ3) is 5.79. The molecule has 1 heterocycles. The first kappa shape index (κ1) is 20.8. The fourth-order valence-corrected chi connectivity index (χ4v) is 3.40. The molecule has 0 amide bonds. The van der Waals surface area contributed by atoms with Crippen LogP contribution in [-0.2, 0) is 19.3 Å². The lowest BCUT2D eigenvalue weighted by molar-refractivity contribution is 0.354. The van der Waals surface area contributed by atoms with E-state index in [1.54, 1.807) is 14.2 Å². The van der Waals surface area contributed by atoms with Gasteiger partial charge in [-0.15, -0.1) is 0 Å². The molecule has 6 nitrogen and oxygen atoms in total. The van der Waals surface area contributed by atoms with Crippen LogP contribution in [0.1, 0.15) is 23.6 Å². The van der Waals surface area contributed by atoms with Gasteiger partial charge in [-0.05, 0) is 54.7 Å². The number of nitrogens with zero attached hydrogens (tertiary/aromatic N) is 1. The van der Waals surface area contributed by atoms with Crippen molar-refractivity contribution >= 4 is 5.96 Å². The number of fused-ring (bicyclic) bond motifs is 1. The van der Waals surface area contributed by atoms with Crippen LogP contribution in [0.4, 0.5) is 0 Å². The van der Waals surface area contributed by atoms with E-state index in [0.29, 0.717) is 6.54 Å². The van der Waals surface area contributed by atoms with Crippen molar-refractivity contribution in [3.05, 3.63) is 53.1 Å². The van der Waals surface area contributed by atoms with Crippen LogP contribution >= 0.6 is 0 Å². The van der Waals surface area contributed by atoms with Gasteiger partial charge < -0.3 is 24.8 Å². The molecule has 0 saturated carbocycles. The molecule has 0 aromatic heterocycles. The molecule has 1 aliphatic rings. The summed E-state index contributed by atoms with van der Waals surface area (Å²) < 4.78 is 16.2. The van der Waals surface area contributed by atoms with Gasteiger partial charge in [0.1, 0.15) is 5.75 Å². The summed E-state index contributed by atoms with van der Waals surface area (Å²) in [6.45, 7) is 5.24. The third-order valence-corrected chi connectivity index (χ3v) is 4.92. The zero-order valence-electron chi connectivity index (χ0n) is 17.6. The highest BCUT2D eigenvalue weighted by atomic mass is 16.5. The third-order valence-electron chi connectivity index (χ3n) is 4.92. The van der Waals surface area contributed by atoms with E-state index in [2.05, 4.69) is 41.8 Å². The van der Waals surface area contributed by atoms with Crippen molar-refractivity contribution in [1.29, 1.82) is 0 Å². The first-order valence-electron chi connectivity index (χ1n) is 10.2. The normalized spacial score (nSPS) is 12.9. The number of guanidine groups is 1. The smallest absolute Gasteiger partial charge is 0.191 e. The number of hydrogen-bond acceptors (Lipinski definition) is 4. The van der Waals surface area contributed by atoms with Crippen molar-refractivity contribution in [3.8, 4) is 17.2 Å². The summed E-state index contributed by atoms with van der Waals surface area (Å²) in [5.74, 6) is 3.37. The zero-order valence-corrected chi connectivity index (χ0v) is 17.6. The Kier molecular flexibility index (Phi) is 7.61. The summed E-state index contributed by atoms with van der Waals surface area (Å²) in [6.07, 6.45) is 2.80. The van der Waals surface area contributed by atoms with Gasteiger partial charge in [0.2, 0.25) is 0 Å². The van der Waals surface area contributed by atoms with E-state index in [9.17, 15) is 0 Å². The molecule has 0 radical (unpaired) electrons. The second kappa shape index (κ2) is 10.6. The van der Waals surface area contributed by atoms with Crippen molar-refractivity contribution in [2.45, 2.75) is 26.2 Å². The van der Waals surface area contributed by atoms with Gasteiger partial charge in [-0.2, -0.15) is 0 Å². The predicted octanol–water partition coefficient (Wildman–Crippen LogP) is 2.98. The minimum Gasteiger partial charge on any atom is -0.493 e. The topological polar surface area (TPSA) is 64.1 Å². The fraction of sp³-hybridized carbons (Fsp3) is 0.435. The molecule has 0 aliphatic carbocycles. The van der Waals surface area contributed by atoms with E-state index in [1.807, 2.05) is 12.1 Å². The highest BCUT2D eigenvalue weighted by Gasteiger charge is 2.11. The largest absolute Gasteiger partial charge is 0.493 e. The first-order valence-corrected chi connectivity index (χ1v) is 10.2. The second-order valence-corrected chi connectivity index (χ2v) is 6.92. The number of methoxy groups -OCH3 is 2. The van der Waals surface area contributed by atoms with Gasteiger partial charge in [0.05, 0.1) is 20.8 Å². The molecule has 3 rings (SSSR count). The van der Waals surface area contributed by atoms with E-state index < -0.39 is 0 Å². The van der Waals surface area contributed by atoms with E-state index in [0.717, 1.165) is 62.2 Å². The maximum atomic E-state index is 5.58. The van der Waals surface area contributed by atoms with Crippen LogP contribution in [0.2, 0.25) is 0 Å². The standard InChI is InChI=1S/C23H31N3O3/c1-4-24-23(25-12-9-17-5-7-20-19(15-17)11-14-29-20)26-13-10-18-6-8-21(27-2)22(16-18)28-3/h5-8,15-16H,4,9-14H2,1-3H3,(H2,24,25,26). The summed E-state index contributed by atoms with van der Waals surface area (Å²) >= 11 is 0. The lowest BCUT2D eigenvalue weighted by Crippen LogP contribution is -2.38. The highest BCUT2D eigenvalue weighted by Crippen LogP contribution is 2.28. The van der Waals surface area contributed by atoms with Gasteiger partial charge in [-0.25, -0.2) is 0 Å². The molecule has 0 unspecified atom stereocenters. The van der Waals surface area contributed by atoms with Gasteiger partial charge in [-0.1, -0.05) is 18.2 Å². The molecule has 2 aromatic carbocycles. The Labute approximate surface area is 173 Å². The number of aliphatic imine (C=N–C) groups is 1. The molecule has 0 atom stereocenters. The summed E-state index contributed by atoms with van der Waals surface area (Å²) in [4.78, 5) is 4.70. The Morgan fingerprint density at radius 3 is 2.59 bits per heavy atom. The minimum atomic E-state index is 0.695. The fourth-order valence-electron chi connectivity index (χ4n) is 3.40. The molecule has 0 saturated heterocycles. The molecule has 6 heteroatoms. The van der Waals surface area contributed by atoms with E-state index in [-0.39, 0.29) is 0 Å².